The number of carbonyl (C=O) groups is 2. The van der Waals surface area contributed by atoms with E-state index in [2.05, 4.69) is 32.7 Å². The normalized spacial score (nSPS) is 24.0. The van der Waals surface area contributed by atoms with E-state index in [9.17, 15) is 9.59 Å². The molecule has 1 spiro atoms. The Morgan fingerprint density at radius 1 is 1.02 bits per heavy atom. The minimum absolute atomic E-state index is 0.111. The van der Waals surface area contributed by atoms with E-state index < -0.39 is 11.7 Å². The summed E-state index contributed by atoms with van der Waals surface area (Å²) in [5.41, 5.74) is 7.53. The zero-order valence-electron chi connectivity index (χ0n) is 25.5. The molecule has 1 atom stereocenters. The molecule has 1 aliphatic carbocycles. The highest BCUT2D eigenvalue weighted by atomic mass is 19.1. The van der Waals surface area contributed by atoms with Crippen molar-refractivity contribution in [1.29, 1.82) is 0 Å². The van der Waals surface area contributed by atoms with E-state index >= 15 is 4.39 Å². The summed E-state index contributed by atoms with van der Waals surface area (Å²) >= 11 is 0. The van der Waals surface area contributed by atoms with Gasteiger partial charge in [-0.2, -0.15) is 5.10 Å². The largest absolute Gasteiger partial charge is 0.381 e. The maximum atomic E-state index is 15.7. The molecule has 10 nitrogen and oxygen atoms in total. The lowest BCUT2D eigenvalue weighted by molar-refractivity contribution is -0.138. The maximum Gasteiger partial charge on any atom is 0.263 e. The van der Waals surface area contributed by atoms with Crippen molar-refractivity contribution in [1.82, 2.24) is 24.6 Å². The fourth-order valence-corrected chi connectivity index (χ4v) is 7.85. The van der Waals surface area contributed by atoms with Gasteiger partial charge in [0, 0.05) is 31.7 Å². The van der Waals surface area contributed by atoms with Gasteiger partial charge in [-0.15, -0.1) is 0 Å². The highest BCUT2D eigenvalue weighted by Gasteiger charge is 2.47. The molecule has 3 fully saturated rings. The second-order valence-corrected chi connectivity index (χ2v) is 13.2. The van der Waals surface area contributed by atoms with Crippen molar-refractivity contribution in [2.24, 2.45) is 5.92 Å². The molecule has 6 rings (SSSR count). The zero-order chi connectivity index (χ0) is 30.0. The van der Waals surface area contributed by atoms with Crippen LogP contribution in [0.2, 0.25) is 0 Å². The van der Waals surface area contributed by atoms with E-state index in [1.54, 1.807) is 17.1 Å². The molecule has 1 unspecified atom stereocenters. The molecule has 4 aliphatic rings. The van der Waals surface area contributed by atoms with Crippen molar-refractivity contribution in [2.45, 2.75) is 94.7 Å². The third-order valence-electron chi connectivity index (χ3n) is 10.5. The van der Waals surface area contributed by atoms with Crippen molar-refractivity contribution in [3.8, 4) is 0 Å². The molecule has 4 N–H and O–H groups in total. The van der Waals surface area contributed by atoms with Crippen molar-refractivity contribution in [2.75, 3.05) is 56.1 Å². The lowest BCUT2D eigenvalue weighted by atomic mass is 9.82. The zero-order valence-corrected chi connectivity index (χ0v) is 25.5. The van der Waals surface area contributed by atoms with E-state index in [0.29, 0.717) is 37.4 Å². The molecule has 2 amide bonds. The molecule has 11 heteroatoms. The Morgan fingerprint density at radius 2 is 1.70 bits per heavy atom. The van der Waals surface area contributed by atoms with Crippen LogP contribution in [0.4, 0.5) is 21.7 Å². The van der Waals surface area contributed by atoms with Crippen molar-refractivity contribution in [3.05, 3.63) is 29.6 Å². The number of halogens is 1. The quantitative estimate of drug-likeness (QED) is 0.467. The number of hydrogen-bond donors (Lipinski definition) is 3. The first-order valence-corrected chi connectivity index (χ1v) is 16.4. The fourth-order valence-electron chi connectivity index (χ4n) is 7.85. The summed E-state index contributed by atoms with van der Waals surface area (Å²) in [6.07, 6.45) is 13.6. The summed E-state index contributed by atoms with van der Waals surface area (Å²) in [6, 6.07) is 1.96. The van der Waals surface area contributed by atoms with Gasteiger partial charge < -0.3 is 26.2 Å². The molecule has 2 saturated heterocycles. The van der Waals surface area contributed by atoms with Crippen LogP contribution < -0.4 is 16.4 Å². The van der Waals surface area contributed by atoms with Crippen LogP contribution in [0.25, 0.3) is 0 Å². The number of carbonyl (C=O) groups excluding carboxylic acids is 2. The predicted molar refractivity (Wildman–Crippen MR) is 166 cm³/mol. The van der Waals surface area contributed by atoms with Crippen LogP contribution in [-0.2, 0) is 10.3 Å². The highest BCUT2D eigenvalue weighted by Crippen LogP contribution is 2.44. The highest BCUT2D eigenvalue weighted by molar-refractivity contribution is 6.11. The predicted octanol–water partition coefficient (Wildman–Crippen LogP) is 4.75. The van der Waals surface area contributed by atoms with Gasteiger partial charge in [0.2, 0.25) is 5.91 Å². The maximum absolute atomic E-state index is 15.7. The summed E-state index contributed by atoms with van der Waals surface area (Å²) < 4.78 is 17.4. The summed E-state index contributed by atoms with van der Waals surface area (Å²) in [6.45, 7) is 3.52. The Labute approximate surface area is 253 Å². The molecule has 1 saturated carbocycles. The van der Waals surface area contributed by atoms with Crippen LogP contribution >= 0.6 is 0 Å². The number of hydrogen-bond acceptors (Lipinski definition) is 7. The number of anilines is 3. The third kappa shape index (κ3) is 5.97. The molecule has 0 aromatic carbocycles. The lowest BCUT2D eigenvalue weighted by Gasteiger charge is -2.42. The second kappa shape index (κ2) is 12.8. The lowest BCUT2D eigenvalue weighted by Crippen LogP contribution is -2.51. The molecular weight excluding hydrogens is 547 g/mol. The van der Waals surface area contributed by atoms with Gasteiger partial charge >= 0.3 is 0 Å². The standard InChI is InChI=1S/C32H47FN8O2/c1-39-16-9-23(10-17-39)31(43)40-18-11-22(12-19-40)24-8-15-35-20-25(24)37-30(42)27-28(34)38-41-29(27)36-21-26(33)32(41)13-6-4-2-3-5-7-14-32/h8,15,20,22-23,26,36H,2-7,9-14,16-19,21H2,1H3,(H2,34,38)(H,37,42). The number of nitrogens with one attached hydrogen (secondary N) is 2. The van der Waals surface area contributed by atoms with E-state index in [-0.39, 0.29) is 41.6 Å². The molecular formula is C32H47FN8O2. The van der Waals surface area contributed by atoms with Crippen LogP contribution in [-0.4, -0.2) is 82.3 Å². The third-order valence-corrected chi connectivity index (χ3v) is 10.5. The smallest absolute Gasteiger partial charge is 0.263 e. The SMILES string of the molecule is CN1CCC(C(=O)N2CCC(c3ccncc3NC(=O)c3c(N)nn4c3NCC(F)C43CCCCCCCC3)CC2)CC1. The first-order valence-electron chi connectivity index (χ1n) is 16.4. The Hall–Kier alpha value is -3.21. The Balaban J connectivity index is 1.17. The summed E-state index contributed by atoms with van der Waals surface area (Å²) in [7, 11) is 2.11. The van der Waals surface area contributed by atoms with Gasteiger partial charge in [0.1, 0.15) is 17.6 Å². The van der Waals surface area contributed by atoms with Crippen molar-refractivity contribution >= 4 is 29.1 Å². The number of nitrogen functional groups attached to an aromatic ring is 1. The second-order valence-electron chi connectivity index (χ2n) is 13.2. The number of rotatable bonds is 4. The van der Waals surface area contributed by atoms with E-state index in [1.807, 2.05) is 11.0 Å². The number of fused-ring (bicyclic) bond motifs is 2. The van der Waals surface area contributed by atoms with Gasteiger partial charge in [0.05, 0.1) is 17.4 Å². The number of nitrogens with zero attached hydrogens (tertiary/aromatic N) is 5. The molecule has 2 aromatic rings. The van der Waals surface area contributed by atoms with Gasteiger partial charge in [0.15, 0.2) is 5.82 Å². The minimum atomic E-state index is -1.10. The molecule has 0 radical (unpaired) electrons. The monoisotopic (exact) mass is 594 g/mol. The first kappa shape index (κ1) is 29.8. The molecule has 5 heterocycles. The fraction of sp³-hybridized carbons (Fsp3) is 0.688. The van der Waals surface area contributed by atoms with Crippen LogP contribution in [0, 0.1) is 5.92 Å². The molecule has 234 valence electrons. The Kier molecular flexibility index (Phi) is 8.88. The van der Waals surface area contributed by atoms with Gasteiger partial charge in [-0.05, 0) is 76.2 Å². The Bertz CT molecular complexity index is 1290. The van der Waals surface area contributed by atoms with Gasteiger partial charge in [0.25, 0.3) is 5.91 Å². The minimum Gasteiger partial charge on any atom is -0.381 e. The van der Waals surface area contributed by atoms with Crippen LogP contribution in [0.5, 0.6) is 0 Å². The molecule has 3 aliphatic heterocycles. The average molecular weight is 595 g/mol. The van der Waals surface area contributed by atoms with Crippen molar-refractivity contribution < 1.29 is 14.0 Å². The summed E-state index contributed by atoms with van der Waals surface area (Å²) in [4.78, 5) is 35.6. The Morgan fingerprint density at radius 3 is 2.40 bits per heavy atom. The molecule has 0 bridgehead atoms. The molecule has 43 heavy (non-hydrogen) atoms. The van der Waals surface area contributed by atoms with Crippen LogP contribution in [0.3, 0.4) is 0 Å². The van der Waals surface area contributed by atoms with E-state index in [1.165, 1.54) is 12.8 Å². The molecule has 2 aromatic heterocycles. The number of likely N-dealkylation sites (tertiary alicyclic amines) is 2. The van der Waals surface area contributed by atoms with Gasteiger partial charge in [-0.1, -0.05) is 38.5 Å². The van der Waals surface area contributed by atoms with E-state index in [0.717, 1.165) is 70.0 Å². The number of piperidine rings is 2. The van der Waals surface area contributed by atoms with Gasteiger partial charge in [-0.25, -0.2) is 9.07 Å². The number of pyridine rings is 1. The number of amides is 2. The average Bonchev–Trinajstić information content (AvgIpc) is 3.42. The summed E-state index contributed by atoms with van der Waals surface area (Å²) in [5.74, 6) is 0.866. The van der Waals surface area contributed by atoms with E-state index in [4.69, 9.17) is 5.73 Å². The number of nitrogens with two attached hydrogens (primary N) is 1. The first-order chi connectivity index (χ1) is 20.9. The number of alkyl halides is 1. The van der Waals surface area contributed by atoms with Crippen LogP contribution in [0.15, 0.2) is 18.5 Å². The summed E-state index contributed by atoms with van der Waals surface area (Å²) in [5, 5.41) is 10.8. The van der Waals surface area contributed by atoms with Crippen molar-refractivity contribution in [3.63, 3.8) is 0 Å². The topological polar surface area (TPSA) is 121 Å². The number of aromatic nitrogens is 3. The van der Waals surface area contributed by atoms with Gasteiger partial charge in [-0.3, -0.25) is 14.6 Å². The van der Waals surface area contributed by atoms with Crippen LogP contribution in [0.1, 0.15) is 98.9 Å².